The molecule has 0 aliphatic rings. The van der Waals surface area contributed by atoms with Crippen molar-refractivity contribution in [2.75, 3.05) is 20.3 Å². The molecule has 29 heavy (non-hydrogen) atoms. The second kappa shape index (κ2) is 10.3. The Kier molecular flexibility index (Phi) is 8.75. The maximum Gasteiger partial charge on any atom is 0.435 e. The van der Waals surface area contributed by atoms with Crippen molar-refractivity contribution in [2.24, 2.45) is 5.73 Å². The van der Waals surface area contributed by atoms with Gasteiger partial charge in [0.25, 0.3) is 0 Å². The molecule has 0 unspecified atom stereocenters. The van der Waals surface area contributed by atoms with Crippen LogP contribution in [0.4, 0.5) is 13.2 Å². The molecule has 0 fully saturated rings. The van der Waals surface area contributed by atoms with E-state index in [4.69, 9.17) is 15.2 Å². The summed E-state index contributed by atoms with van der Waals surface area (Å²) < 4.78 is 51.1. The normalized spacial score (nSPS) is 10.7. The van der Waals surface area contributed by atoms with E-state index in [1.807, 2.05) is 0 Å². The van der Waals surface area contributed by atoms with Crippen molar-refractivity contribution in [3.8, 4) is 28.6 Å². The summed E-state index contributed by atoms with van der Waals surface area (Å²) in [6, 6.07) is 10.8. The standard InChI is InChI=1S/C18H17F3N4O2.2ClH/c1-26-17-7-4-13(11-23-17)25-15(10-16(24-25)18(19,20)21)12-2-5-14(6-3-12)27-9-8-22;;/h2-7,10-11H,8-9,22H2,1H3;2*1H. The Balaban J connectivity index is 0.00000210. The van der Waals surface area contributed by atoms with Gasteiger partial charge in [-0.05, 0) is 36.4 Å². The van der Waals surface area contributed by atoms with Crippen molar-refractivity contribution in [1.29, 1.82) is 0 Å². The first-order valence-corrected chi connectivity index (χ1v) is 8.03. The Bertz CT molecular complexity index is 901. The second-order valence-corrected chi connectivity index (χ2v) is 5.54. The molecule has 0 aliphatic carbocycles. The number of hydrogen-bond donors (Lipinski definition) is 1. The zero-order valence-corrected chi connectivity index (χ0v) is 16.9. The van der Waals surface area contributed by atoms with E-state index in [1.54, 1.807) is 36.4 Å². The first kappa shape index (κ1) is 24.5. The lowest BCUT2D eigenvalue weighted by Crippen LogP contribution is -2.10. The van der Waals surface area contributed by atoms with Crippen LogP contribution in [0.15, 0.2) is 48.7 Å². The van der Waals surface area contributed by atoms with Crippen molar-refractivity contribution in [3.63, 3.8) is 0 Å². The predicted molar refractivity (Wildman–Crippen MR) is 107 cm³/mol. The van der Waals surface area contributed by atoms with Crippen LogP contribution in [0, 0.1) is 0 Å². The predicted octanol–water partition coefficient (Wildman–Crippen LogP) is 4.14. The minimum Gasteiger partial charge on any atom is -0.492 e. The van der Waals surface area contributed by atoms with Crippen LogP contribution in [0.5, 0.6) is 11.6 Å². The third-order valence-corrected chi connectivity index (χ3v) is 3.71. The molecule has 2 N–H and O–H groups in total. The number of rotatable bonds is 6. The van der Waals surface area contributed by atoms with Gasteiger partial charge in [0.2, 0.25) is 5.88 Å². The minimum atomic E-state index is -4.57. The average Bonchev–Trinajstić information content (AvgIpc) is 3.13. The SMILES string of the molecule is COc1ccc(-n2nc(C(F)(F)F)cc2-c2ccc(OCCN)cc2)cn1.Cl.Cl. The number of benzene rings is 1. The number of halogens is 5. The van der Waals surface area contributed by atoms with E-state index in [2.05, 4.69) is 10.1 Å². The number of nitrogens with zero attached hydrogens (tertiary/aromatic N) is 3. The summed E-state index contributed by atoms with van der Waals surface area (Å²) in [6.07, 6.45) is -3.17. The minimum absolute atomic E-state index is 0. The Morgan fingerprint density at radius 1 is 1.07 bits per heavy atom. The van der Waals surface area contributed by atoms with Gasteiger partial charge in [-0.25, -0.2) is 9.67 Å². The topological polar surface area (TPSA) is 75.2 Å². The number of ether oxygens (including phenoxy) is 2. The highest BCUT2D eigenvalue weighted by Gasteiger charge is 2.35. The van der Waals surface area contributed by atoms with E-state index in [0.717, 1.165) is 6.07 Å². The number of nitrogens with two attached hydrogens (primary N) is 1. The molecule has 0 amide bonds. The maximum atomic E-state index is 13.2. The highest BCUT2D eigenvalue weighted by atomic mass is 35.5. The van der Waals surface area contributed by atoms with Crippen molar-refractivity contribution < 1.29 is 22.6 Å². The zero-order chi connectivity index (χ0) is 19.4. The molecule has 0 bridgehead atoms. The Morgan fingerprint density at radius 3 is 2.28 bits per heavy atom. The van der Waals surface area contributed by atoms with Gasteiger partial charge in [-0.3, -0.25) is 0 Å². The van der Waals surface area contributed by atoms with Crippen LogP contribution < -0.4 is 15.2 Å². The van der Waals surface area contributed by atoms with E-state index in [1.165, 1.54) is 18.0 Å². The van der Waals surface area contributed by atoms with Crippen LogP contribution in [0.25, 0.3) is 16.9 Å². The molecule has 1 aromatic carbocycles. The highest BCUT2D eigenvalue weighted by molar-refractivity contribution is 5.85. The maximum absolute atomic E-state index is 13.2. The Labute approximate surface area is 177 Å². The summed E-state index contributed by atoms with van der Waals surface area (Å²) in [6.45, 7) is 0.723. The molecule has 3 aromatic rings. The molecule has 0 saturated carbocycles. The van der Waals surface area contributed by atoms with Gasteiger partial charge >= 0.3 is 6.18 Å². The highest BCUT2D eigenvalue weighted by Crippen LogP contribution is 2.33. The molecular weight excluding hydrogens is 432 g/mol. The van der Waals surface area contributed by atoms with E-state index < -0.39 is 11.9 Å². The summed E-state index contributed by atoms with van der Waals surface area (Å²) in [4.78, 5) is 4.03. The van der Waals surface area contributed by atoms with Gasteiger partial charge in [-0.1, -0.05) is 0 Å². The van der Waals surface area contributed by atoms with Gasteiger partial charge < -0.3 is 15.2 Å². The largest absolute Gasteiger partial charge is 0.492 e. The van der Waals surface area contributed by atoms with Crippen LogP contribution in [-0.2, 0) is 6.18 Å². The third kappa shape index (κ3) is 5.75. The van der Waals surface area contributed by atoms with Crippen molar-refractivity contribution in [2.45, 2.75) is 6.18 Å². The average molecular weight is 451 g/mol. The Hall–Kier alpha value is -2.49. The number of pyridine rings is 1. The lowest BCUT2D eigenvalue weighted by atomic mass is 10.1. The molecule has 0 radical (unpaired) electrons. The van der Waals surface area contributed by atoms with E-state index in [-0.39, 0.29) is 30.5 Å². The molecule has 0 atom stereocenters. The molecule has 2 aromatic heterocycles. The van der Waals surface area contributed by atoms with Gasteiger partial charge in [0.1, 0.15) is 12.4 Å². The lowest BCUT2D eigenvalue weighted by molar-refractivity contribution is -0.141. The Morgan fingerprint density at radius 2 is 1.76 bits per heavy atom. The number of alkyl halides is 3. The molecular formula is C18H19Cl2F3N4O2. The monoisotopic (exact) mass is 450 g/mol. The zero-order valence-electron chi connectivity index (χ0n) is 15.2. The summed E-state index contributed by atoms with van der Waals surface area (Å²) in [7, 11) is 1.46. The number of aromatic nitrogens is 3. The summed E-state index contributed by atoms with van der Waals surface area (Å²) in [5, 5.41) is 3.72. The van der Waals surface area contributed by atoms with Crippen LogP contribution >= 0.6 is 24.8 Å². The van der Waals surface area contributed by atoms with Crippen molar-refractivity contribution in [3.05, 3.63) is 54.4 Å². The molecule has 11 heteroatoms. The van der Waals surface area contributed by atoms with Gasteiger partial charge in [0, 0.05) is 18.2 Å². The summed E-state index contributed by atoms with van der Waals surface area (Å²) >= 11 is 0. The fraction of sp³-hybridized carbons (Fsp3) is 0.222. The van der Waals surface area contributed by atoms with E-state index in [0.29, 0.717) is 36.0 Å². The quantitative estimate of drug-likeness (QED) is 0.610. The lowest BCUT2D eigenvalue weighted by Gasteiger charge is -2.09. The van der Waals surface area contributed by atoms with Crippen molar-refractivity contribution in [1.82, 2.24) is 14.8 Å². The smallest absolute Gasteiger partial charge is 0.435 e. The van der Waals surface area contributed by atoms with Gasteiger partial charge in [0.15, 0.2) is 5.69 Å². The number of methoxy groups -OCH3 is 1. The van der Waals surface area contributed by atoms with Crippen molar-refractivity contribution >= 4 is 24.8 Å². The summed E-state index contributed by atoms with van der Waals surface area (Å²) in [5.74, 6) is 0.933. The fourth-order valence-corrected chi connectivity index (χ4v) is 2.44. The van der Waals surface area contributed by atoms with Crippen LogP contribution in [0.1, 0.15) is 5.69 Å². The number of hydrogen-bond acceptors (Lipinski definition) is 5. The molecule has 0 aliphatic heterocycles. The molecule has 6 nitrogen and oxygen atoms in total. The molecule has 3 rings (SSSR count). The van der Waals surface area contributed by atoms with Crippen LogP contribution in [0.2, 0.25) is 0 Å². The van der Waals surface area contributed by atoms with Gasteiger partial charge in [-0.2, -0.15) is 18.3 Å². The first-order valence-electron chi connectivity index (χ1n) is 8.03. The molecule has 0 saturated heterocycles. The molecule has 2 heterocycles. The third-order valence-electron chi connectivity index (χ3n) is 3.71. The second-order valence-electron chi connectivity index (χ2n) is 5.54. The first-order chi connectivity index (χ1) is 12.9. The van der Waals surface area contributed by atoms with Crippen LogP contribution in [0.3, 0.4) is 0 Å². The molecule has 0 spiro atoms. The van der Waals surface area contributed by atoms with Gasteiger partial charge in [-0.15, -0.1) is 24.8 Å². The molecule has 158 valence electrons. The fourth-order valence-electron chi connectivity index (χ4n) is 2.44. The summed E-state index contributed by atoms with van der Waals surface area (Å²) in [5.41, 5.74) is 5.61. The van der Waals surface area contributed by atoms with E-state index in [9.17, 15) is 13.2 Å². The van der Waals surface area contributed by atoms with Gasteiger partial charge in [0.05, 0.1) is 24.7 Å². The van der Waals surface area contributed by atoms with E-state index >= 15 is 0 Å². The van der Waals surface area contributed by atoms with Crippen LogP contribution in [-0.4, -0.2) is 35.0 Å².